The molecule has 0 aliphatic rings. The number of nitrogens with zero attached hydrogens (tertiary/aromatic N) is 1. The van der Waals surface area contributed by atoms with Crippen molar-refractivity contribution in [3.63, 3.8) is 0 Å². The summed E-state index contributed by atoms with van der Waals surface area (Å²) in [6, 6.07) is 0. The molecule has 0 aromatic carbocycles. The Morgan fingerprint density at radius 2 is 2.20 bits per heavy atom. The Balaban J connectivity index is 4.08. The molecule has 1 amide bonds. The maximum absolute atomic E-state index is 11.0. The standard InChI is InChI=1S/C6H11BN2O/c1-4-5(2)6(10)9(7)8-3/h4,8H,1-3H3/b5-4+. The Kier molecular flexibility index (Phi) is 3.80. The number of hydrazine groups is 1. The fourth-order valence-electron chi connectivity index (χ4n) is 0.415. The topological polar surface area (TPSA) is 32.3 Å². The Morgan fingerprint density at radius 1 is 1.70 bits per heavy atom. The second-order valence-corrected chi connectivity index (χ2v) is 1.87. The maximum atomic E-state index is 11.0. The van der Waals surface area contributed by atoms with E-state index in [1.807, 2.05) is 0 Å². The van der Waals surface area contributed by atoms with Gasteiger partial charge in [0.05, 0.1) is 0 Å². The van der Waals surface area contributed by atoms with E-state index in [4.69, 9.17) is 7.98 Å². The molecule has 0 aliphatic heterocycles. The van der Waals surface area contributed by atoms with Gasteiger partial charge in [0.15, 0.2) is 0 Å². The highest BCUT2D eigenvalue weighted by molar-refractivity contribution is 6.17. The van der Waals surface area contributed by atoms with Crippen LogP contribution in [0.5, 0.6) is 0 Å². The smallest absolute Gasteiger partial charge is 0.258 e. The predicted molar refractivity (Wildman–Crippen MR) is 41.1 cm³/mol. The third-order valence-electron chi connectivity index (χ3n) is 1.23. The van der Waals surface area contributed by atoms with Gasteiger partial charge in [0, 0.05) is 12.6 Å². The quantitative estimate of drug-likeness (QED) is 0.331. The van der Waals surface area contributed by atoms with Crippen molar-refractivity contribution in [3.8, 4) is 0 Å². The molecule has 0 saturated heterocycles. The van der Waals surface area contributed by atoms with E-state index < -0.39 is 0 Å². The van der Waals surface area contributed by atoms with Gasteiger partial charge in [-0.05, 0) is 13.8 Å². The Bertz CT molecular complexity index is 156. The van der Waals surface area contributed by atoms with E-state index in [0.29, 0.717) is 5.57 Å². The normalized spacial score (nSPS) is 11.3. The van der Waals surface area contributed by atoms with Crippen LogP contribution in [0.2, 0.25) is 0 Å². The zero-order valence-electron chi connectivity index (χ0n) is 6.51. The second-order valence-electron chi connectivity index (χ2n) is 1.87. The zero-order valence-corrected chi connectivity index (χ0v) is 6.51. The van der Waals surface area contributed by atoms with Gasteiger partial charge in [-0.1, -0.05) is 6.08 Å². The van der Waals surface area contributed by atoms with E-state index in [1.165, 1.54) is 0 Å². The van der Waals surface area contributed by atoms with Crippen LogP contribution in [0.15, 0.2) is 11.6 Å². The van der Waals surface area contributed by atoms with Gasteiger partial charge in [0.1, 0.15) is 0 Å². The first-order chi connectivity index (χ1) is 4.63. The molecule has 54 valence electrons. The van der Waals surface area contributed by atoms with E-state index in [9.17, 15) is 4.79 Å². The summed E-state index contributed by atoms with van der Waals surface area (Å²) in [5.74, 6) is -0.218. The van der Waals surface area contributed by atoms with Crippen molar-refractivity contribution in [1.82, 2.24) is 10.3 Å². The third kappa shape index (κ3) is 2.23. The van der Waals surface area contributed by atoms with Crippen LogP contribution in [0.1, 0.15) is 13.8 Å². The summed E-state index contributed by atoms with van der Waals surface area (Å²) in [5.41, 5.74) is 3.12. The van der Waals surface area contributed by atoms with Crippen molar-refractivity contribution in [2.45, 2.75) is 13.8 Å². The molecule has 0 bridgehead atoms. The molecule has 4 heteroatoms. The number of carbonyl (C=O) groups excluding carboxylic acids is 1. The predicted octanol–water partition coefficient (Wildman–Crippen LogP) is -0.000900. The number of amides is 1. The van der Waals surface area contributed by atoms with Crippen molar-refractivity contribution in [2.24, 2.45) is 0 Å². The first-order valence-corrected chi connectivity index (χ1v) is 3.03. The van der Waals surface area contributed by atoms with Gasteiger partial charge in [0.2, 0.25) is 5.91 Å². The van der Waals surface area contributed by atoms with Crippen LogP contribution in [-0.4, -0.2) is 25.9 Å². The fraction of sp³-hybridized carbons (Fsp3) is 0.500. The molecule has 0 atom stereocenters. The third-order valence-corrected chi connectivity index (χ3v) is 1.23. The van der Waals surface area contributed by atoms with Gasteiger partial charge in [-0.2, -0.15) is 0 Å². The van der Waals surface area contributed by atoms with E-state index >= 15 is 0 Å². The lowest BCUT2D eigenvalue weighted by atomic mass is 10.2. The average Bonchev–Trinajstić information content (AvgIpc) is 2.00. The summed E-state index contributed by atoms with van der Waals surface area (Å²) in [6.07, 6.45) is 1.71. The molecular formula is C6H11BN2O. The lowest BCUT2D eigenvalue weighted by Crippen LogP contribution is -2.38. The van der Waals surface area contributed by atoms with Crippen molar-refractivity contribution in [2.75, 3.05) is 7.05 Å². The van der Waals surface area contributed by atoms with Crippen molar-refractivity contribution >= 4 is 13.9 Å². The minimum Gasteiger partial charge on any atom is -0.334 e. The van der Waals surface area contributed by atoms with Crippen LogP contribution in [-0.2, 0) is 4.79 Å². The maximum Gasteiger partial charge on any atom is 0.258 e. The van der Waals surface area contributed by atoms with E-state index in [-0.39, 0.29) is 5.91 Å². The first kappa shape index (κ1) is 9.23. The summed E-state index contributed by atoms with van der Waals surface area (Å²) in [5, 5.41) is 0. The molecule has 0 unspecified atom stereocenters. The van der Waals surface area contributed by atoms with Crippen LogP contribution < -0.4 is 5.43 Å². The van der Waals surface area contributed by atoms with Gasteiger partial charge in [-0.3, -0.25) is 4.79 Å². The lowest BCUT2D eigenvalue weighted by Gasteiger charge is -2.15. The highest BCUT2D eigenvalue weighted by Gasteiger charge is 2.05. The van der Waals surface area contributed by atoms with Crippen molar-refractivity contribution < 1.29 is 4.79 Å². The second kappa shape index (κ2) is 4.11. The summed E-state index contributed by atoms with van der Waals surface area (Å²) < 4.78 is 0. The van der Waals surface area contributed by atoms with E-state index in [1.54, 1.807) is 27.0 Å². The van der Waals surface area contributed by atoms with Crippen LogP contribution in [0.4, 0.5) is 0 Å². The monoisotopic (exact) mass is 138 g/mol. The summed E-state index contributed by atoms with van der Waals surface area (Å²) in [7, 11) is 6.81. The van der Waals surface area contributed by atoms with Crippen molar-refractivity contribution in [3.05, 3.63) is 11.6 Å². The molecule has 0 saturated carbocycles. The molecule has 0 rings (SSSR count). The van der Waals surface area contributed by atoms with Gasteiger partial charge in [-0.15, -0.1) is 0 Å². The molecule has 0 fully saturated rings. The summed E-state index contributed by atoms with van der Waals surface area (Å²) in [6.45, 7) is 3.50. The van der Waals surface area contributed by atoms with Gasteiger partial charge >= 0.3 is 0 Å². The summed E-state index contributed by atoms with van der Waals surface area (Å²) in [4.78, 5) is 11.9. The highest BCUT2D eigenvalue weighted by Crippen LogP contribution is 1.94. The van der Waals surface area contributed by atoms with E-state index in [0.717, 1.165) is 4.92 Å². The number of nitrogens with one attached hydrogen (secondary N) is 1. The zero-order chi connectivity index (χ0) is 8.15. The molecule has 2 radical (unpaired) electrons. The molecule has 0 aromatic rings. The van der Waals surface area contributed by atoms with Gasteiger partial charge in [0.25, 0.3) is 7.98 Å². The molecule has 3 nitrogen and oxygen atoms in total. The van der Waals surface area contributed by atoms with Gasteiger partial charge in [-0.25, -0.2) is 5.43 Å². The largest absolute Gasteiger partial charge is 0.334 e. The van der Waals surface area contributed by atoms with Crippen LogP contribution in [0.3, 0.4) is 0 Å². The minimum atomic E-state index is -0.218. The van der Waals surface area contributed by atoms with Crippen molar-refractivity contribution in [1.29, 1.82) is 0 Å². The number of allylic oxidation sites excluding steroid dienone is 1. The number of carbonyl (C=O) groups is 1. The Labute approximate surface area is 62.5 Å². The molecule has 10 heavy (non-hydrogen) atoms. The van der Waals surface area contributed by atoms with Gasteiger partial charge < -0.3 is 4.92 Å². The molecule has 0 aliphatic carbocycles. The highest BCUT2D eigenvalue weighted by atomic mass is 16.2. The molecule has 1 N–H and O–H groups in total. The lowest BCUT2D eigenvalue weighted by molar-refractivity contribution is -0.124. The molecule has 0 spiro atoms. The molecular weight excluding hydrogens is 127 g/mol. The van der Waals surface area contributed by atoms with Crippen LogP contribution in [0.25, 0.3) is 0 Å². The SMILES string of the molecule is [B]N(NC)C(=O)/C(C)=C/C. The molecule has 0 heterocycles. The Morgan fingerprint density at radius 3 is 2.50 bits per heavy atom. The first-order valence-electron chi connectivity index (χ1n) is 3.03. The molecule has 0 aromatic heterocycles. The van der Waals surface area contributed by atoms with Crippen LogP contribution in [0, 0.1) is 0 Å². The fourth-order valence-corrected chi connectivity index (χ4v) is 0.415. The van der Waals surface area contributed by atoms with Crippen LogP contribution >= 0.6 is 0 Å². The van der Waals surface area contributed by atoms with E-state index in [2.05, 4.69) is 5.43 Å². The number of rotatable bonds is 2. The number of hydrogen-bond acceptors (Lipinski definition) is 2. The average molecular weight is 138 g/mol. The minimum absolute atomic E-state index is 0.218. The Hall–Kier alpha value is -0.765. The summed E-state index contributed by atoms with van der Waals surface area (Å²) >= 11 is 0. The number of hydrogen-bond donors (Lipinski definition) is 1.